The Kier molecular flexibility index (Phi) is 6.37. The molecule has 2 rings (SSSR count). The second-order valence-electron chi connectivity index (χ2n) is 6.23. The lowest BCUT2D eigenvalue weighted by molar-refractivity contribution is 0.366. The van der Waals surface area contributed by atoms with Crippen LogP contribution in [0.4, 0.5) is 0 Å². The summed E-state index contributed by atoms with van der Waals surface area (Å²) in [6, 6.07) is 0. The van der Waals surface area contributed by atoms with E-state index in [9.17, 15) is 0 Å². The van der Waals surface area contributed by atoms with Crippen molar-refractivity contribution in [2.75, 3.05) is 13.1 Å². The first-order valence-corrected chi connectivity index (χ1v) is 9.34. The van der Waals surface area contributed by atoms with Crippen molar-refractivity contribution in [1.29, 1.82) is 0 Å². The van der Waals surface area contributed by atoms with Gasteiger partial charge in [-0.05, 0) is 70.6 Å². The van der Waals surface area contributed by atoms with Crippen molar-refractivity contribution in [2.45, 2.75) is 51.9 Å². The molecule has 0 aliphatic heterocycles. The van der Waals surface area contributed by atoms with Gasteiger partial charge in [-0.3, -0.25) is 0 Å². The number of thiophene rings is 1. The maximum atomic E-state index is 3.74. The lowest BCUT2D eigenvalue weighted by Crippen LogP contribution is -2.29. The van der Waals surface area contributed by atoms with E-state index in [0.717, 1.165) is 24.3 Å². The van der Waals surface area contributed by atoms with Gasteiger partial charge < -0.3 is 5.32 Å². The van der Waals surface area contributed by atoms with E-state index in [4.69, 9.17) is 0 Å². The number of rotatable bonds is 5. The lowest BCUT2D eigenvalue weighted by Gasteiger charge is -2.26. The maximum absolute atomic E-state index is 3.74. The van der Waals surface area contributed by atoms with Crippen molar-refractivity contribution < 1.29 is 0 Å². The van der Waals surface area contributed by atoms with Crippen LogP contribution in [0.25, 0.3) is 0 Å². The predicted molar refractivity (Wildman–Crippen MR) is 89.0 cm³/mol. The Balaban J connectivity index is 2.01. The molecule has 0 spiro atoms. The first kappa shape index (κ1) is 15.5. The molecule has 0 aromatic carbocycles. The van der Waals surface area contributed by atoms with E-state index in [1.54, 1.807) is 5.56 Å². The fourth-order valence-electron chi connectivity index (χ4n) is 3.15. The van der Waals surface area contributed by atoms with Gasteiger partial charge in [-0.25, -0.2) is 0 Å². The summed E-state index contributed by atoms with van der Waals surface area (Å²) in [5.41, 5.74) is 1.56. The molecule has 108 valence electrons. The third kappa shape index (κ3) is 4.57. The van der Waals surface area contributed by atoms with Crippen LogP contribution in [-0.2, 0) is 0 Å². The van der Waals surface area contributed by atoms with Gasteiger partial charge in [0.15, 0.2) is 0 Å². The molecule has 1 fully saturated rings. The predicted octanol–water partition coefficient (Wildman–Crippen LogP) is 5.42. The quantitative estimate of drug-likeness (QED) is 0.703. The molecule has 1 aliphatic rings. The summed E-state index contributed by atoms with van der Waals surface area (Å²) in [5, 5.41) is 8.27. The first-order chi connectivity index (χ1) is 9.18. The molecule has 0 bridgehead atoms. The van der Waals surface area contributed by atoms with Crippen molar-refractivity contribution in [2.24, 2.45) is 11.8 Å². The highest BCUT2D eigenvalue weighted by atomic mass is 79.9. The van der Waals surface area contributed by atoms with E-state index in [0.29, 0.717) is 0 Å². The molecule has 0 radical (unpaired) electrons. The molecule has 1 aromatic rings. The minimum Gasteiger partial charge on any atom is -0.316 e. The zero-order chi connectivity index (χ0) is 13.7. The van der Waals surface area contributed by atoms with Crippen LogP contribution in [0.3, 0.4) is 0 Å². The van der Waals surface area contributed by atoms with Crippen molar-refractivity contribution in [3.8, 4) is 0 Å². The zero-order valence-electron chi connectivity index (χ0n) is 12.1. The fraction of sp³-hybridized carbons (Fsp3) is 0.750. The van der Waals surface area contributed by atoms with Crippen LogP contribution in [0.2, 0.25) is 0 Å². The Morgan fingerprint density at radius 1 is 1.26 bits per heavy atom. The molecular formula is C16H26BrNS. The van der Waals surface area contributed by atoms with Gasteiger partial charge in [0, 0.05) is 9.85 Å². The molecule has 1 aliphatic carbocycles. The Morgan fingerprint density at radius 2 is 2.05 bits per heavy atom. The van der Waals surface area contributed by atoms with Gasteiger partial charge in [0.1, 0.15) is 0 Å². The van der Waals surface area contributed by atoms with Crippen molar-refractivity contribution in [1.82, 2.24) is 5.32 Å². The number of nitrogens with one attached hydrogen (secondary N) is 1. The van der Waals surface area contributed by atoms with Crippen LogP contribution in [-0.4, -0.2) is 13.1 Å². The molecule has 2 unspecified atom stereocenters. The van der Waals surface area contributed by atoms with E-state index in [1.165, 1.54) is 43.1 Å². The zero-order valence-corrected chi connectivity index (χ0v) is 14.5. The molecule has 1 saturated carbocycles. The van der Waals surface area contributed by atoms with Crippen LogP contribution in [0.15, 0.2) is 15.2 Å². The minimum absolute atomic E-state index is 0.747. The summed E-state index contributed by atoms with van der Waals surface area (Å²) >= 11 is 5.57. The van der Waals surface area contributed by atoms with E-state index in [1.807, 2.05) is 11.3 Å². The number of hydrogen-bond donors (Lipinski definition) is 1. The largest absolute Gasteiger partial charge is 0.316 e. The Morgan fingerprint density at radius 3 is 2.74 bits per heavy atom. The van der Waals surface area contributed by atoms with E-state index < -0.39 is 0 Å². The van der Waals surface area contributed by atoms with Gasteiger partial charge in [-0.15, -0.1) is 0 Å². The van der Waals surface area contributed by atoms with Crippen LogP contribution >= 0.6 is 27.3 Å². The van der Waals surface area contributed by atoms with Gasteiger partial charge >= 0.3 is 0 Å². The molecule has 3 heteroatoms. The second kappa shape index (κ2) is 7.80. The summed E-state index contributed by atoms with van der Waals surface area (Å²) in [6.45, 7) is 6.90. The smallest absolute Gasteiger partial charge is 0.0317 e. The molecule has 1 heterocycles. The molecule has 1 nitrogen and oxygen atoms in total. The van der Waals surface area contributed by atoms with Crippen molar-refractivity contribution >= 4 is 27.3 Å². The van der Waals surface area contributed by atoms with E-state index in [2.05, 4.69) is 45.9 Å². The molecule has 1 aromatic heterocycles. The van der Waals surface area contributed by atoms with Crippen molar-refractivity contribution in [3.63, 3.8) is 0 Å². The molecule has 2 atom stereocenters. The third-order valence-corrected chi connectivity index (χ3v) is 5.91. The molecule has 0 amide bonds. The Hall–Kier alpha value is 0.140. The summed E-state index contributed by atoms with van der Waals surface area (Å²) in [5.74, 6) is 2.31. The Labute approximate surface area is 130 Å². The lowest BCUT2D eigenvalue weighted by atomic mass is 9.83. The molecule has 0 saturated heterocycles. The Bertz CT molecular complexity index is 375. The monoisotopic (exact) mass is 343 g/mol. The standard InChI is InChI=1S/C16H26BrNS/c1-12(2)8-18-9-13-6-4-3-5-7-14(13)15-10-19-11-16(15)17/h10-14,18H,3-9H2,1-2H3. The van der Waals surface area contributed by atoms with Crippen LogP contribution < -0.4 is 5.32 Å². The third-order valence-electron chi connectivity index (χ3n) is 4.16. The SMILES string of the molecule is CC(C)CNCC1CCCCCC1c1cscc1Br. The first-order valence-electron chi connectivity index (χ1n) is 7.60. The fourth-order valence-corrected chi connectivity index (χ4v) is 4.81. The highest BCUT2D eigenvalue weighted by Gasteiger charge is 2.26. The number of halogens is 1. The molecule has 1 N–H and O–H groups in total. The summed E-state index contributed by atoms with van der Waals surface area (Å²) in [6.07, 6.45) is 6.97. The van der Waals surface area contributed by atoms with Crippen LogP contribution in [0, 0.1) is 11.8 Å². The van der Waals surface area contributed by atoms with E-state index in [-0.39, 0.29) is 0 Å². The number of hydrogen-bond acceptors (Lipinski definition) is 2. The van der Waals surface area contributed by atoms with Crippen molar-refractivity contribution in [3.05, 3.63) is 20.8 Å². The summed E-state index contributed by atoms with van der Waals surface area (Å²) in [7, 11) is 0. The van der Waals surface area contributed by atoms with Gasteiger partial charge in [0.25, 0.3) is 0 Å². The second-order valence-corrected chi connectivity index (χ2v) is 7.83. The highest BCUT2D eigenvalue weighted by Crippen LogP contribution is 2.40. The normalized spacial score (nSPS) is 24.6. The van der Waals surface area contributed by atoms with Crippen LogP contribution in [0.5, 0.6) is 0 Å². The minimum atomic E-state index is 0.747. The maximum Gasteiger partial charge on any atom is 0.0317 e. The van der Waals surface area contributed by atoms with E-state index >= 15 is 0 Å². The van der Waals surface area contributed by atoms with Gasteiger partial charge in [0.05, 0.1) is 0 Å². The highest BCUT2D eigenvalue weighted by molar-refractivity contribution is 9.10. The molecule has 19 heavy (non-hydrogen) atoms. The van der Waals surface area contributed by atoms with Gasteiger partial charge in [0.2, 0.25) is 0 Å². The topological polar surface area (TPSA) is 12.0 Å². The summed E-state index contributed by atoms with van der Waals surface area (Å²) < 4.78 is 1.33. The van der Waals surface area contributed by atoms with Gasteiger partial charge in [-0.1, -0.05) is 33.1 Å². The molecular weight excluding hydrogens is 318 g/mol. The van der Waals surface area contributed by atoms with Crippen LogP contribution in [0.1, 0.15) is 57.4 Å². The average Bonchev–Trinajstić information content (AvgIpc) is 2.65. The van der Waals surface area contributed by atoms with Gasteiger partial charge in [-0.2, -0.15) is 11.3 Å². The summed E-state index contributed by atoms with van der Waals surface area (Å²) in [4.78, 5) is 0. The average molecular weight is 344 g/mol.